The van der Waals surface area contributed by atoms with E-state index in [1.54, 1.807) is 0 Å². The molecule has 0 aromatic heterocycles. The Balaban J connectivity index is 2.76. The van der Waals surface area contributed by atoms with Crippen LogP contribution in [0.1, 0.15) is 37.5 Å². The number of aryl methyl sites for hydroxylation is 1. The molecule has 0 unspecified atom stereocenters. The third-order valence-electron chi connectivity index (χ3n) is 2.13. The number of ether oxygens (including phenoxy) is 1. The van der Waals surface area contributed by atoms with E-state index in [2.05, 4.69) is 6.07 Å². The summed E-state index contributed by atoms with van der Waals surface area (Å²) in [6.45, 7) is 8.70. The molecule has 0 saturated carbocycles. The highest BCUT2D eigenvalue weighted by molar-refractivity contribution is 5.37. The maximum absolute atomic E-state index is 8.73. The minimum Gasteiger partial charge on any atom is -0.371 e. The molecular weight excluding hydrogens is 186 g/mol. The fourth-order valence-corrected chi connectivity index (χ4v) is 1.22. The molecule has 15 heavy (non-hydrogen) atoms. The molecule has 0 amide bonds. The number of hydrogen-bond acceptors (Lipinski definition) is 2. The van der Waals surface area contributed by atoms with Crippen LogP contribution in [0.5, 0.6) is 0 Å². The summed E-state index contributed by atoms with van der Waals surface area (Å²) in [4.78, 5) is 0. The first-order chi connectivity index (χ1) is 6.92. The molecule has 0 aliphatic heterocycles. The third kappa shape index (κ3) is 3.73. The number of benzene rings is 1. The molecule has 0 fully saturated rings. The van der Waals surface area contributed by atoms with Gasteiger partial charge in [0.1, 0.15) is 0 Å². The molecule has 1 aromatic carbocycles. The largest absolute Gasteiger partial charge is 0.371 e. The van der Waals surface area contributed by atoms with Crippen LogP contribution in [0.15, 0.2) is 18.2 Å². The molecule has 2 heteroatoms. The van der Waals surface area contributed by atoms with Crippen LogP contribution < -0.4 is 0 Å². The normalized spacial score (nSPS) is 11.1. The van der Waals surface area contributed by atoms with Gasteiger partial charge >= 0.3 is 0 Å². The number of nitrogens with zero attached hydrogens (tertiary/aromatic N) is 1. The fraction of sp³-hybridized carbons (Fsp3) is 0.462. The minimum atomic E-state index is -0.125. The van der Waals surface area contributed by atoms with Crippen molar-refractivity contribution in [2.75, 3.05) is 0 Å². The number of hydrogen-bond donors (Lipinski definition) is 0. The SMILES string of the molecule is Cc1cc(C#N)ccc1COC(C)(C)C. The number of nitriles is 1. The van der Waals surface area contributed by atoms with Gasteiger partial charge in [0.25, 0.3) is 0 Å². The second-order valence-electron chi connectivity index (χ2n) is 4.65. The summed E-state index contributed by atoms with van der Waals surface area (Å²) in [5, 5.41) is 8.73. The highest BCUT2D eigenvalue weighted by atomic mass is 16.5. The molecule has 2 nitrogen and oxygen atoms in total. The van der Waals surface area contributed by atoms with Crippen LogP contribution in [0.3, 0.4) is 0 Å². The smallest absolute Gasteiger partial charge is 0.0991 e. The second kappa shape index (κ2) is 4.46. The average molecular weight is 203 g/mol. The van der Waals surface area contributed by atoms with E-state index < -0.39 is 0 Å². The van der Waals surface area contributed by atoms with E-state index in [4.69, 9.17) is 10.00 Å². The first kappa shape index (κ1) is 11.7. The van der Waals surface area contributed by atoms with Gasteiger partial charge in [-0.2, -0.15) is 5.26 Å². The summed E-state index contributed by atoms with van der Waals surface area (Å²) >= 11 is 0. The lowest BCUT2D eigenvalue weighted by Gasteiger charge is -2.20. The van der Waals surface area contributed by atoms with Gasteiger partial charge in [-0.15, -0.1) is 0 Å². The summed E-state index contributed by atoms with van der Waals surface area (Å²) in [6.07, 6.45) is 0. The molecule has 0 aliphatic carbocycles. The molecule has 0 heterocycles. The van der Waals surface area contributed by atoms with Crippen LogP contribution >= 0.6 is 0 Å². The molecule has 80 valence electrons. The van der Waals surface area contributed by atoms with Gasteiger partial charge in [0.2, 0.25) is 0 Å². The summed E-state index contributed by atoms with van der Waals surface area (Å²) in [5.74, 6) is 0. The van der Waals surface area contributed by atoms with Crippen LogP contribution in [0.2, 0.25) is 0 Å². The van der Waals surface area contributed by atoms with E-state index in [-0.39, 0.29) is 5.60 Å². The standard InChI is InChI=1S/C13H17NO/c1-10-7-11(8-14)5-6-12(10)9-15-13(2,3)4/h5-7H,9H2,1-4H3. The summed E-state index contributed by atoms with van der Waals surface area (Å²) in [7, 11) is 0. The van der Waals surface area contributed by atoms with Crippen molar-refractivity contribution in [2.24, 2.45) is 0 Å². The van der Waals surface area contributed by atoms with Crippen LogP contribution in [0, 0.1) is 18.3 Å². The Kier molecular flexibility index (Phi) is 3.49. The molecule has 0 bridgehead atoms. The predicted octanol–water partition coefficient (Wildman–Crippen LogP) is 3.18. The monoisotopic (exact) mass is 203 g/mol. The van der Waals surface area contributed by atoms with Crippen molar-refractivity contribution in [2.45, 2.75) is 39.9 Å². The van der Waals surface area contributed by atoms with Crippen LogP contribution in [0.4, 0.5) is 0 Å². The van der Waals surface area contributed by atoms with Crippen molar-refractivity contribution < 1.29 is 4.74 Å². The molecular formula is C13H17NO. The zero-order valence-electron chi connectivity index (χ0n) is 9.79. The first-order valence-electron chi connectivity index (χ1n) is 5.06. The van der Waals surface area contributed by atoms with E-state index in [1.165, 1.54) is 0 Å². The first-order valence-corrected chi connectivity index (χ1v) is 5.06. The van der Waals surface area contributed by atoms with Gasteiger partial charge in [0, 0.05) is 0 Å². The Morgan fingerprint density at radius 2 is 2.00 bits per heavy atom. The van der Waals surface area contributed by atoms with Crippen LogP contribution in [-0.4, -0.2) is 5.60 Å². The molecule has 1 rings (SSSR count). The Morgan fingerprint density at radius 1 is 1.33 bits per heavy atom. The maximum atomic E-state index is 8.73. The van der Waals surface area contributed by atoms with Crippen molar-refractivity contribution in [3.63, 3.8) is 0 Å². The summed E-state index contributed by atoms with van der Waals surface area (Å²) in [6, 6.07) is 7.80. The van der Waals surface area contributed by atoms with E-state index in [1.807, 2.05) is 45.9 Å². The molecule has 0 N–H and O–H groups in total. The average Bonchev–Trinajstić information content (AvgIpc) is 2.14. The van der Waals surface area contributed by atoms with Gasteiger partial charge < -0.3 is 4.74 Å². The van der Waals surface area contributed by atoms with Crippen molar-refractivity contribution in [3.8, 4) is 6.07 Å². The van der Waals surface area contributed by atoms with Gasteiger partial charge in [0.15, 0.2) is 0 Å². The van der Waals surface area contributed by atoms with Gasteiger partial charge in [-0.25, -0.2) is 0 Å². The summed E-state index contributed by atoms with van der Waals surface area (Å²) in [5.41, 5.74) is 2.83. The summed E-state index contributed by atoms with van der Waals surface area (Å²) < 4.78 is 5.69. The van der Waals surface area contributed by atoms with Crippen LogP contribution in [0.25, 0.3) is 0 Å². The van der Waals surface area contributed by atoms with Crippen molar-refractivity contribution >= 4 is 0 Å². The van der Waals surface area contributed by atoms with Gasteiger partial charge in [-0.3, -0.25) is 0 Å². The highest BCUT2D eigenvalue weighted by Crippen LogP contribution is 2.15. The van der Waals surface area contributed by atoms with Gasteiger partial charge in [-0.1, -0.05) is 6.07 Å². The fourth-order valence-electron chi connectivity index (χ4n) is 1.22. The zero-order chi connectivity index (χ0) is 11.5. The Hall–Kier alpha value is -1.33. The lowest BCUT2D eigenvalue weighted by atomic mass is 10.1. The van der Waals surface area contributed by atoms with E-state index in [0.717, 1.165) is 11.1 Å². The molecule has 0 saturated heterocycles. The lowest BCUT2D eigenvalue weighted by molar-refractivity contribution is -0.0151. The lowest BCUT2D eigenvalue weighted by Crippen LogP contribution is -2.18. The molecule has 0 spiro atoms. The Bertz CT molecular complexity index is 383. The molecule has 0 aliphatic rings. The third-order valence-corrected chi connectivity index (χ3v) is 2.13. The second-order valence-corrected chi connectivity index (χ2v) is 4.65. The van der Waals surface area contributed by atoms with Gasteiger partial charge in [-0.05, 0) is 51.0 Å². The van der Waals surface area contributed by atoms with Crippen molar-refractivity contribution in [1.29, 1.82) is 5.26 Å². The van der Waals surface area contributed by atoms with Gasteiger partial charge in [0.05, 0.1) is 23.8 Å². The van der Waals surface area contributed by atoms with E-state index in [9.17, 15) is 0 Å². The van der Waals surface area contributed by atoms with Crippen molar-refractivity contribution in [3.05, 3.63) is 34.9 Å². The van der Waals surface area contributed by atoms with Crippen molar-refractivity contribution in [1.82, 2.24) is 0 Å². The topological polar surface area (TPSA) is 33.0 Å². The maximum Gasteiger partial charge on any atom is 0.0991 e. The quantitative estimate of drug-likeness (QED) is 0.739. The predicted molar refractivity (Wildman–Crippen MR) is 60.4 cm³/mol. The van der Waals surface area contributed by atoms with E-state index >= 15 is 0 Å². The van der Waals surface area contributed by atoms with E-state index in [0.29, 0.717) is 12.2 Å². The zero-order valence-corrected chi connectivity index (χ0v) is 9.79. The minimum absolute atomic E-state index is 0.125. The molecule has 0 radical (unpaired) electrons. The Labute approximate surface area is 91.5 Å². The Morgan fingerprint density at radius 3 is 2.47 bits per heavy atom. The van der Waals surface area contributed by atoms with Crippen LogP contribution in [-0.2, 0) is 11.3 Å². The molecule has 0 atom stereocenters. The molecule has 1 aromatic rings. The highest BCUT2D eigenvalue weighted by Gasteiger charge is 2.10. The number of rotatable bonds is 2.